The van der Waals surface area contributed by atoms with Gasteiger partial charge in [0.1, 0.15) is 23.9 Å². The molecule has 3 aromatic rings. The van der Waals surface area contributed by atoms with Crippen molar-refractivity contribution in [2.75, 3.05) is 25.5 Å². The summed E-state index contributed by atoms with van der Waals surface area (Å²) in [5.74, 6) is -0.329. The van der Waals surface area contributed by atoms with Crippen molar-refractivity contribution in [1.82, 2.24) is 9.88 Å². The molecule has 1 fully saturated rings. The van der Waals surface area contributed by atoms with Crippen LogP contribution < -0.4 is 14.8 Å². The van der Waals surface area contributed by atoms with Gasteiger partial charge in [-0.25, -0.2) is 13.8 Å². The van der Waals surface area contributed by atoms with Gasteiger partial charge in [0, 0.05) is 36.5 Å². The molecule has 0 bridgehead atoms. The Morgan fingerprint density at radius 1 is 1.11 bits per heavy atom. The molecule has 1 saturated heterocycles. The molecule has 5 nitrogen and oxygen atoms in total. The maximum Gasteiger partial charge on any atom is 0.261 e. The second kappa shape index (κ2) is 10.5. The molecule has 2 aromatic carbocycles. The summed E-state index contributed by atoms with van der Waals surface area (Å²) in [4.78, 5) is 6.52. The lowest BCUT2D eigenvalue weighted by Crippen LogP contribution is -2.25. The van der Waals surface area contributed by atoms with Gasteiger partial charge in [-0.1, -0.05) is 18.2 Å². The van der Waals surface area contributed by atoms with E-state index in [1.807, 2.05) is 63.2 Å². The summed E-state index contributed by atoms with van der Waals surface area (Å²) in [6.45, 7) is 7.05. The molecule has 4 rings (SSSR count). The first kappa shape index (κ1) is 25.4. The Balaban J connectivity index is 1.49. The standard InChI is InChI=1S/C27H30BrF2N3O2/c1-17-5-10-24(35-15-20-6-8-22(34-4)9-7-20)18(2)25(17)32-26-23(28)13-21(19(3)31-26)14-33-12-11-27(29,30)16-33/h5-10,13H,11-12,14-16H2,1-4H3,(H,31,32). The summed E-state index contributed by atoms with van der Waals surface area (Å²) in [5, 5.41) is 3.45. The molecular weight excluding hydrogens is 516 g/mol. The van der Waals surface area contributed by atoms with E-state index in [1.54, 1.807) is 12.0 Å². The number of methoxy groups -OCH3 is 1. The number of pyridine rings is 1. The minimum atomic E-state index is -2.60. The van der Waals surface area contributed by atoms with Crippen LogP contribution in [0.3, 0.4) is 0 Å². The number of nitrogens with zero attached hydrogens (tertiary/aromatic N) is 2. The molecule has 0 saturated carbocycles. The molecule has 0 unspecified atom stereocenters. The topological polar surface area (TPSA) is 46.6 Å². The minimum absolute atomic E-state index is 0.0876. The summed E-state index contributed by atoms with van der Waals surface area (Å²) in [5.41, 5.74) is 5.77. The fourth-order valence-corrected chi connectivity index (χ4v) is 4.69. The minimum Gasteiger partial charge on any atom is -0.497 e. The second-order valence-electron chi connectivity index (χ2n) is 9.02. The summed E-state index contributed by atoms with van der Waals surface area (Å²) >= 11 is 3.62. The van der Waals surface area contributed by atoms with Gasteiger partial charge in [0.25, 0.3) is 5.92 Å². The monoisotopic (exact) mass is 545 g/mol. The summed E-state index contributed by atoms with van der Waals surface area (Å²) in [6.07, 6.45) is -0.0876. The third-order valence-corrected chi connectivity index (χ3v) is 6.94. The van der Waals surface area contributed by atoms with E-state index in [2.05, 4.69) is 21.2 Å². The first-order valence-corrected chi connectivity index (χ1v) is 12.3. The van der Waals surface area contributed by atoms with Gasteiger partial charge in [-0.05, 0) is 77.7 Å². The lowest BCUT2D eigenvalue weighted by Gasteiger charge is -2.20. The zero-order valence-electron chi connectivity index (χ0n) is 20.4. The molecule has 0 atom stereocenters. The van der Waals surface area contributed by atoms with Crippen LogP contribution in [-0.2, 0) is 13.2 Å². The van der Waals surface area contributed by atoms with Crippen LogP contribution in [0.5, 0.6) is 11.5 Å². The zero-order chi connectivity index (χ0) is 25.2. The Hall–Kier alpha value is -2.71. The summed E-state index contributed by atoms with van der Waals surface area (Å²) in [6, 6.07) is 13.8. The molecule has 0 amide bonds. The number of rotatable bonds is 8. The molecule has 35 heavy (non-hydrogen) atoms. The highest BCUT2D eigenvalue weighted by Crippen LogP contribution is 2.35. The predicted octanol–water partition coefficient (Wildman–Crippen LogP) is 6.94. The highest BCUT2D eigenvalue weighted by Gasteiger charge is 2.38. The number of nitrogens with one attached hydrogen (secondary N) is 1. The fourth-order valence-electron chi connectivity index (χ4n) is 4.23. The van der Waals surface area contributed by atoms with Crippen LogP contribution in [0.1, 0.15) is 34.4 Å². The normalized spacial score (nSPS) is 15.3. The van der Waals surface area contributed by atoms with Gasteiger partial charge >= 0.3 is 0 Å². The number of hydrogen-bond donors (Lipinski definition) is 1. The van der Waals surface area contributed by atoms with Gasteiger partial charge in [0.2, 0.25) is 0 Å². The Bertz CT molecular complexity index is 1200. The number of hydrogen-bond acceptors (Lipinski definition) is 5. The van der Waals surface area contributed by atoms with Gasteiger partial charge in [-0.3, -0.25) is 4.90 Å². The SMILES string of the molecule is COc1ccc(COc2ccc(C)c(Nc3nc(C)c(CN4CCC(F)(F)C4)cc3Br)c2C)cc1. The molecular formula is C27H30BrF2N3O2. The smallest absolute Gasteiger partial charge is 0.261 e. The molecule has 0 radical (unpaired) electrons. The highest BCUT2D eigenvalue weighted by atomic mass is 79.9. The maximum absolute atomic E-state index is 13.6. The molecule has 1 aliphatic rings. The number of aromatic nitrogens is 1. The largest absolute Gasteiger partial charge is 0.497 e. The molecule has 8 heteroatoms. The second-order valence-corrected chi connectivity index (χ2v) is 9.88. The molecule has 1 N–H and O–H groups in total. The van der Waals surface area contributed by atoms with E-state index in [0.29, 0.717) is 25.5 Å². The van der Waals surface area contributed by atoms with Crippen LogP contribution >= 0.6 is 15.9 Å². The van der Waals surface area contributed by atoms with E-state index < -0.39 is 5.92 Å². The third-order valence-electron chi connectivity index (χ3n) is 6.33. The summed E-state index contributed by atoms with van der Waals surface area (Å²) < 4.78 is 39.3. The summed E-state index contributed by atoms with van der Waals surface area (Å²) in [7, 11) is 1.65. The van der Waals surface area contributed by atoms with Gasteiger partial charge in [-0.15, -0.1) is 0 Å². The maximum atomic E-state index is 13.6. The van der Waals surface area contributed by atoms with E-state index in [-0.39, 0.29) is 13.0 Å². The van der Waals surface area contributed by atoms with Crippen LogP contribution in [-0.4, -0.2) is 36.0 Å². The number of halogens is 3. The number of anilines is 2. The van der Waals surface area contributed by atoms with E-state index in [1.165, 1.54) is 0 Å². The fraction of sp³-hybridized carbons (Fsp3) is 0.370. The molecule has 0 aliphatic carbocycles. The molecule has 0 spiro atoms. The van der Waals surface area contributed by atoms with Crippen molar-refractivity contribution in [3.05, 3.63) is 74.9 Å². The van der Waals surface area contributed by atoms with Crippen LogP contribution in [0.2, 0.25) is 0 Å². The number of alkyl halides is 2. The number of aryl methyl sites for hydroxylation is 2. The quantitative estimate of drug-likeness (QED) is 0.332. The molecule has 2 heterocycles. The van der Waals surface area contributed by atoms with Crippen molar-refractivity contribution in [2.24, 2.45) is 0 Å². The molecule has 186 valence electrons. The van der Waals surface area contributed by atoms with Crippen molar-refractivity contribution in [1.29, 1.82) is 0 Å². The van der Waals surface area contributed by atoms with Crippen LogP contribution in [0.4, 0.5) is 20.3 Å². The van der Waals surface area contributed by atoms with Gasteiger partial charge in [-0.2, -0.15) is 0 Å². The first-order chi connectivity index (χ1) is 16.6. The van der Waals surface area contributed by atoms with E-state index in [4.69, 9.17) is 14.5 Å². The lowest BCUT2D eigenvalue weighted by molar-refractivity contribution is 0.0115. The number of ether oxygens (including phenoxy) is 2. The van der Waals surface area contributed by atoms with Gasteiger partial charge in [0.05, 0.1) is 18.1 Å². The van der Waals surface area contributed by atoms with E-state index in [9.17, 15) is 8.78 Å². The van der Waals surface area contributed by atoms with Crippen molar-refractivity contribution in [2.45, 2.75) is 46.3 Å². The highest BCUT2D eigenvalue weighted by molar-refractivity contribution is 9.10. The van der Waals surface area contributed by atoms with E-state index >= 15 is 0 Å². The van der Waals surface area contributed by atoms with Crippen LogP contribution in [0, 0.1) is 20.8 Å². The van der Waals surface area contributed by atoms with Crippen molar-refractivity contribution in [3.63, 3.8) is 0 Å². The van der Waals surface area contributed by atoms with Crippen LogP contribution in [0.15, 0.2) is 46.9 Å². The average molecular weight is 546 g/mol. The Kier molecular flexibility index (Phi) is 7.62. The van der Waals surface area contributed by atoms with Gasteiger partial charge in [0.15, 0.2) is 0 Å². The lowest BCUT2D eigenvalue weighted by atomic mass is 10.1. The van der Waals surface area contributed by atoms with Crippen LogP contribution in [0.25, 0.3) is 0 Å². The molecule has 1 aromatic heterocycles. The van der Waals surface area contributed by atoms with Crippen molar-refractivity contribution in [3.8, 4) is 11.5 Å². The molecule has 1 aliphatic heterocycles. The average Bonchev–Trinajstić information content (AvgIpc) is 3.17. The van der Waals surface area contributed by atoms with E-state index in [0.717, 1.165) is 49.6 Å². The Labute approximate surface area is 213 Å². The number of likely N-dealkylation sites (tertiary alicyclic amines) is 1. The third kappa shape index (κ3) is 6.11. The predicted molar refractivity (Wildman–Crippen MR) is 138 cm³/mol. The van der Waals surface area contributed by atoms with Gasteiger partial charge < -0.3 is 14.8 Å². The Morgan fingerprint density at radius 2 is 1.86 bits per heavy atom. The zero-order valence-corrected chi connectivity index (χ0v) is 22.0. The Morgan fingerprint density at radius 3 is 2.51 bits per heavy atom. The van der Waals surface area contributed by atoms with Crippen molar-refractivity contribution >= 4 is 27.4 Å². The number of benzene rings is 2. The van der Waals surface area contributed by atoms with Crippen molar-refractivity contribution < 1.29 is 18.3 Å². The first-order valence-electron chi connectivity index (χ1n) is 11.5.